The number of nitrogens with two attached hydrogens (primary N) is 1. The fourth-order valence-electron chi connectivity index (χ4n) is 2.85. The summed E-state index contributed by atoms with van der Waals surface area (Å²) >= 11 is 1.50. The van der Waals surface area contributed by atoms with Gasteiger partial charge in [0.25, 0.3) is 5.56 Å². The third kappa shape index (κ3) is 2.63. The lowest BCUT2D eigenvalue weighted by atomic mass is 9.93. The lowest BCUT2D eigenvalue weighted by molar-refractivity contribution is 0.112. The van der Waals surface area contributed by atoms with Crippen LogP contribution in [0.25, 0.3) is 4.96 Å². The molecule has 3 rings (SSSR count). The highest BCUT2D eigenvalue weighted by Gasteiger charge is 2.25. The summed E-state index contributed by atoms with van der Waals surface area (Å²) in [4.78, 5) is 19.7. The van der Waals surface area contributed by atoms with Crippen molar-refractivity contribution in [1.29, 1.82) is 0 Å². The van der Waals surface area contributed by atoms with Crippen molar-refractivity contribution in [2.24, 2.45) is 11.7 Å². The first-order valence-corrected chi connectivity index (χ1v) is 7.95. The molecule has 0 aliphatic carbocycles. The number of likely N-dealkylation sites (tertiary alicyclic amines) is 1. The van der Waals surface area contributed by atoms with Gasteiger partial charge in [-0.25, -0.2) is 4.98 Å². The van der Waals surface area contributed by atoms with Crippen LogP contribution in [0.5, 0.6) is 0 Å². The Kier molecular flexibility index (Phi) is 3.87. The van der Waals surface area contributed by atoms with Crippen LogP contribution in [0.15, 0.2) is 22.4 Å². The van der Waals surface area contributed by atoms with E-state index in [0.29, 0.717) is 12.0 Å². The van der Waals surface area contributed by atoms with Gasteiger partial charge in [0, 0.05) is 36.8 Å². The van der Waals surface area contributed by atoms with Crippen LogP contribution in [-0.2, 0) is 6.54 Å². The van der Waals surface area contributed by atoms with Crippen molar-refractivity contribution in [3.05, 3.63) is 33.7 Å². The fourth-order valence-corrected chi connectivity index (χ4v) is 3.59. The maximum atomic E-state index is 12.0. The molecule has 1 aliphatic rings. The Bertz CT molecular complexity index is 650. The molecular weight excluding hydrogens is 272 g/mol. The number of hydrogen-bond acceptors (Lipinski definition) is 5. The van der Waals surface area contributed by atoms with Gasteiger partial charge in [0.1, 0.15) is 0 Å². The first-order chi connectivity index (χ1) is 9.67. The van der Waals surface area contributed by atoms with E-state index in [0.717, 1.165) is 30.3 Å². The molecule has 1 saturated heterocycles. The molecule has 2 unspecified atom stereocenters. The second-order valence-corrected chi connectivity index (χ2v) is 6.47. The first-order valence-electron chi connectivity index (χ1n) is 7.07. The zero-order chi connectivity index (χ0) is 14.1. The van der Waals surface area contributed by atoms with E-state index >= 15 is 0 Å². The molecule has 3 heterocycles. The standard InChI is InChI=1S/C14H20N4OS/c1-10-2-3-11(7-15)8-17(10)9-12-6-13(19)18-4-5-20-14(18)16-12/h4-6,10-11H,2-3,7-9,15H2,1H3. The van der Waals surface area contributed by atoms with Gasteiger partial charge in [-0.05, 0) is 32.2 Å². The molecule has 1 fully saturated rings. The Morgan fingerprint density at radius 1 is 1.50 bits per heavy atom. The molecule has 2 atom stereocenters. The Balaban J connectivity index is 1.82. The van der Waals surface area contributed by atoms with E-state index < -0.39 is 0 Å². The van der Waals surface area contributed by atoms with E-state index in [9.17, 15) is 4.79 Å². The van der Waals surface area contributed by atoms with Crippen LogP contribution in [0.2, 0.25) is 0 Å². The van der Waals surface area contributed by atoms with Crippen LogP contribution in [0.1, 0.15) is 25.5 Å². The highest BCUT2D eigenvalue weighted by atomic mass is 32.1. The zero-order valence-corrected chi connectivity index (χ0v) is 12.5. The summed E-state index contributed by atoms with van der Waals surface area (Å²) in [6, 6.07) is 2.18. The van der Waals surface area contributed by atoms with Crippen molar-refractivity contribution in [3.8, 4) is 0 Å². The van der Waals surface area contributed by atoms with Crippen molar-refractivity contribution in [1.82, 2.24) is 14.3 Å². The molecule has 108 valence electrons. The summed E-state index contributed by atoms with van der Waals surface area (Å²) in [5, 5.41) is 1.89. The third-order valence-electron chi connectivity index (χ3n) is 4.16. The summed E-state index contributed by atoms with van der Waals surface area (Å²) in [7, 11) is 0. The highest BCUT2D eigenvalue weighted by Crippen LogP contribution is 2.22. The minimum Gasteiger partial charge on any atom is -0.330 e. The first kappa shape index (κ1) is 13.7. The van der Waals surface area contributed by atoms with Gasteiger partial charge in [-0.15, -0.1) is 11.3 Å². The molecule has 0 bridgehead atoms. The van der Waals surface area contributed by atoms with E-state index in [2.05, 4.69) is 16.8 Å². The monoisotopic (exact) mass is 292 g/mol. The predicted molar refractivity (Wildman–Crippen MR) is 81.0 cm³/mol. The smallest absolute Gasteiger partial charge is 0.258 e. The summed E-state index contributed by atoms with van der Waals surface area (Å²) in [5.41, 5.74) is 6.66. The molecular formula is C14H20N4OS. The lowest BCUT2D eigenvalue weighted by Gasteiger charge is -2.37. The summed E-state index contributed by atoms with van der Waals surface area (Å²) < 4.78 is 1.59. The molecule has 2 aromatic rings. The Morgan fingerprint density at radius 3 is 3.15 bits per heavy atom. The van der Waals surface area contributed by atoms with Crippen molar-refractivity contribution in [2.75, 3.05) is 13.1 Å². The van der Waals surface area contributed by atoms with Crippen LogP contribution in [0.4, 0.5) is 0 Å². The van der Waals surface area contributed by atoms with Crippen LogP contribution < -0.4 is 11.3 Å². The Hall–Kier alpha value is -1.24. The Labute approximate surface area is 122 Å². The van der Waals surface area contributed by atoms with Crippen LogP contribution >= 0.6 is 11.3 Å². The average molecular weight is 292 g/mol. The van der Waals surface area contributed by atoms with Gasteiger partial charge in [0.15, 0.2) is 4.96 Å². The van der Waals surface area contributed by atoms with Gasteiger partial charge in [-0.2, -0.15) is 0 Å². The van der Waals surface area contributed by atoms with E-state index in [1.165, 1.54) is 24.2 Å². The molecule has 0 spiro atoms. The number of rotatable bonds is 3. The highest BCUT2D eigenvalue weighted by molar-refractivity contribution is 7.15. The van der Waals surface area contributed by atoms with Crippen molar-refractivity contribution >= 4 is 16.3 Å². The molecule has 5 nitrogen and oxygen atoms in total. The largest absolute Gasteiger partial charge is 0.330 e. The van der Waals surface area contributed by atoms with Crippen LogP contribution in [-0.4, -0.2) is 33.4 Å². The average Bonchev–Trinajstić information content (AvgIpc) is 2.90. The maximum absolute atomic E-state index is 12.0. The van der Waals surface area contributed by atoms with Gasteiger partial charge in [-0.3, -0.25) is 14.1 Å². The number of thiazole rings is 1. The van der Waals surface area contributed by atoms with Gasteiger partial charge < -0.3 is 5.73 Å². The molecule has 0 saturated carbocycles. The lowest BCUT2D eigenvalue weighted by Crippen LogP contribution is -2.43. The molecule has 6 heteroatoms. The second kappa shape index (κ2) is 5.63. The van der Waals surface area contributed by atoms with E-state index in [1.807, 2.05) is 5.38 Å². The van der Waals surface area contributed by atoms with Gasteiger partial charge in [-0.1, -0.05) is 0 Å². The number of hydrogen-bond donors (Lipinski definition) is 1. The molecule has 0 radical (unpaired) electrons. The topological polar surface area (TPSA) is 63.6 Å². The Morgan fingerprint density at radius 2 is 2.35 bits per heavy atom. The summed E-state index contributed by atoms with van der Waals surface area (Å²) in [5.74, 6) is 0.567. The van der Waals surface area contributed by atoms with E-state index in [4.69, 9.17) is 5.73 Å². The number of fused-ring (bicyclic) bond motifs is 1. The number of nitrogens with zero attached hydrogens (tertiary/aromatic N) is 3. The quantitative estimate of drug-likeness (QED) is 0.926. The fraction of sp³-hybridized carbons (Fsp3) is 0.571. The van der Waals surface area contributed by atoms with Crippen molar-refractivity contribution in [2.45, 2.75) is 32.4 Å². The summed E-state index contributed by atoms with van der Waals surface area (Å²) in [6.07, 6.45) is 4.14. The SMILES string of the molecule is CC1CCC(CN)CN1Cc1cc(=O)n2ccsc2n1. The van der Waals surface area contributed by atoms with Crippen molar-refractivity contribution in [3.63, 3.8) is 0 Å². The minimum atomic E-state index is 0.00582. The van der Waals surface area contributed by atoms with Crippen LogP contribution in [0, 0.1) is 5.92 Å². The summed E-state index contributed by atoms with van der Waals surface area (Å²) in [6.45, 7) is 4.72. The molecule has 0 aromatic carbocycles. The van der Waals surface area contributed by atoms with Crippen LogP contribution in [0.3, 0.4) is 0 Å². The van der Waals surface area contributed by atoms with E-state index in [-0.39, 0.29) is 5.56 Å². The number of piperidine rings is 1. The van der Waals surface area contributed by atoms with Gasteiger partial charge >= 0.3 is 0 Å². The molecule has 2 aromatic heterocycles. The second-order valence-electron chi connectivity index (χ2n) is 5.60. The normalized spacial score (nSPS) is 24.3. The molecule has 20 heavy (non-hydrogen) atoms. The molecule has 0 amide bonds. The third-order valence-corrected chi connectivity index (χ3v) is 4.92. The molecule has 2 N–H and O–H groups in total. The van der Waals surface area contributed by atoms with Gasteiger partial charge in [0.2, 0.25) is 0 Å². The molecule has 1 aliphatic heterocycles. The minimum absolute atomic E-state index is 0.00582. The number of aromatic nitrogens is 2. The predicted octanol–water partition coefficient (Wildman–Crippen LogP) is 1.32. The maximum Gasteiger partial charge on any atom is 0.258 e. The zero-order valence-electron chi connectivity index (χ0n) is 11.7. The van der Waals surface area contributed by atoms with E-state index in [1.54, 1.807) is 16.7 Å². The van der Waals surface area contributed by atoms with Crippen molar-refractivity contribution < 1.29 is 0 Å². The van der Waals surface area contributed by atoms with Gasteiger partial charge in [0.05, 0.1) is 5.69 Å².